The molecule has 0 spiro atoms. The Kier molecular flexibility index (Phi) is 8.20. The molecule has 0 bridgehead atoms. The number of para-hydroxylation sites is 2. The van der Waals surface area contributed by atoms with E-state index in [1.54, 1.807) is 29.2 Å². The van der Waals surface area contributed by atoms with Crippen molar-refractivity contribution in [2.45, 2.75) is 12.4 Å². The zero-order valence-corrected chi connectivity index (χ0v) is 29.3. The van der Waals surface area contributed by atoms with E-state index in [0.29, 0.717) is 39.2 Å². The molecule has 0 amide bonds. The number of fused-ring (bicyclic) bond motifs is 4. The highest BCUT2D eigenvalue weighted by Crippen LogP contribution is 2.43. The molecule has 0 aliphatic carbocycles. The summed E-state index contributed by atoms with van der Waals surface area (Å²) < 4.78 is 91.8. The van der Waals surface area contributed by atoms with Crippen LogP contribution in [0.3, 0.4) is 0 Å². The first-order valence-corrected chi connectivity index (χ1v) is 17.9. The summed E-state index contributed by atoms with van der Waals surface area (Å²) in [5.74, 6) is 0. The van der Waals surface area contributed by atoms with Gasteiger partial charge in [-0.15, -0.1) is 0 Å². The lowest BCUT2D eigenvalue weighted by Crippen LogP contribution is -2.12. The molecule has 0 aliphatic heterocycles. The van der Waals surface area contributed by atoms with Gasteiger partial charge in [0.25, 0.3) is 0 Å². The second kappa shape index (κ2) is 13.1. The van der Waals surface area contributed by atoms with Crippen molar-refractivity contribution in [3.8, 4) is 27.9 Å². The van der Waals surface area contributed by atoms with Crippen LogP contribution in [0.2, 0.25) is 0 Å². The van der Waals surface area contributed by atoms with Gasteiger partial charge in [0.05, 0.1) is 39.6 Å². The maximum Gasteiger partial charge on any atom is 0.416 e. The molecule has 0 saturated carbocycles. The normalized spacial score (nSPS) is 12.2. The lowest BCUT2D eigenvalue weighted by molar-refractivity contribution is -0.138. The molecular formula is C44H26F6N4S. The molecule has 7 aromatic carbocycles. The molecule has 0 fully saturated rings. The molecule has 0 aliphatic rings. The monoisotopic (exact) mass is 756 g/mol. The van der Waals surface area contributed by atoms with Crippen LogP contribution in [0.1, 0.15) is 11.1 Å². The third-order valence-electron chi connectivity index (χ3n) is 9.78. The molecule has 0 unspecified atom stereocenters. The van der Waals surface area contributed by atoms with Crippen molar-refractivity contribution in [2.75, 3.05) is 4.90 Å². The van der Waals surface area contributed by atoms with Gasteiger partial charge in [0.1, 0.15) is 11.0 Å². The van der Waals surface area contributed by atoms with Crippen molar-refractivity contribution in [1.29, 1.82) is 0 Å². The van der Waals surface area contributed by atoms with Crippen molar-refractivity contribution in [2.24, 2.45) is 0 Å². The van der Waals surface area contributed by atoms with E-state index in [1.807, 2.05) is 48.5 Å². The minimum absolute atomic E-state index is 0.452. The number of benzene rings is 7. The molecule has 2 aromatic heterocycles. The van der Waals surface area contributed by atoms with E-state index < -0.39 is 23.5 Å². The quantitative estimate of drug-likeness (QED) is 0.158. The van der Waals surface area contributed by atoms with Crippen LogP contribution in [0.4, 0.5) is 43.4 Å². The summed E-state index contributed by atoms with van der Waals surface area (Å²) in [6.45, 7) is 0. The Morgan fingerprint density at radius 3 is 1.45 bits per heavy atom. The number of hydrogen-bond donors (Lipinski definition) is 0. The Morgan fingerprint density at radius 1 is 0.455 bits per heavy atom. The number of anilines is 3. The Balaban J connectivity index is 1.11. The van der Waals surface area contributed by atoms with Gasteiger partial charge in [-0.3, -0.25) is 0 Å². The Morgan fingerprint density at radius 2 is 0.909 bits per heavy atom. The summed E-state index contributed by atoms with van der Waals surface area (Å²) in [5, 5.41) is 2.33. The van der Waals surface area contributed by atoms with Gasteiger partial charge in [0.2, 0.25) is 0 Å². The molecule has 0 atom stereocenters. The van der Waals surface area contributed by atoms with E-state index in [4.69, 9.17) is 0 Å². The molecule has 0 radical (unpaired) electrons. The number of nitrogens with zero attached hydrogens (tertiary/aromatic N) is 4. The largest absolute Gasteiger partial charge is 0.416 e. The molecule has 270 valence electrons. The number of halogens is 6. The summed E-state index contributed by atoms with van der Waals surface area (Å²) in [5.41, 5.74) is 7.51. The molecule has 0 N–H and O–H groups in total. The second-order valence-electron chi connectivity index (χ2n) is 13.0. The van der Waals surface area contributed by atoms with Crippen LogP contribution >= 0.6 is 11.7 Å². The van der Waals surface area contributed by atoms with E-state index in [-0.39, 0.29) is 0 Å². The van der Waals surface area contributed by atoms with E-state index in [2.05, 4.69) is 49.7 Å². The van der Waals surface area contributed by atoms with Crippen molar-refractivity contribution in [3.63, 3.8) is 0 Å². The fourth-order valence-electron chi connectivity index (χ4n) is 7.14. The first-order valence-electron chi connectivity index (χ1n) is 17.1. The van der Waals surface area contributed by atoms with E-state index >= 15 is 0 Å². The Labute approximate surface area is 314 Å². The number of aromatic nitrogens is 3. The van der Waals surface area contributed by atoms with Gasteiger partial charge < -0.3 is 9.47 Å². The summed E-state index contributed by atoms with van der Waals surface area (Å²) >= 11 is 1.04. The van der Waals surface area contributed by atoms with E-state index in [0.717, 1.165) is 63.8 Å². The maximum atomic E-state index is 13.6. The van der Waals surface area contributed by atoms with E-state index in [1.165, 1.54) is 35.0 Å². The van der Waals surface area contributed by atoms with Gasteiger partial charge in [0.15, 0.2) is 0 Å². The van der Waals surface area contributed by atoms with Crippen LogP contribution in [-0.2, 0) is 12.4 Å². The van der Waals surface area contributed by atoms with Crippen molar-refractivity contribution < 1.29 is 26.3 Å². The third kappa shape index (κ3) is 6.16. The SMILES string of the molecule is FC(F)(F)c1ccc(-c2ccc(N(c3ccc(C(F)(F)F)cc3)c3ccc(-c4ccc(-n5c6ccccc6c6ccccc65)cc4)c4nsnc34)cc2)cc1. The van der Waals surface area contributed by atoms with Crippen molar-refractivity contribution >= 4 is 61.6 Å². The lowest BCUT2D eigenvalue weighted by Gasteiger charge is -2.26. The highest BCUT2D eigenvalue weighted by molar-refractivity contribution is 7.00. The Hall–Kier alpha value is -6.46. The van der Waals surface area contributed by atoms with Crippen LogP contribution < -0.4 is 4.90 Å². The summed E-state index contributed by atoms with van der Waals surface area (Å²) in [6, 6.07) is 45.4. The molecule has 4 nitrogen and oxygen atoms in total. The van der Waals surface area contributed by atoms with Gasteiger partial charge in [-0.05, 0) is 102 Å². The lowest BCUT2D eigenvalue weighted by atomic mass is 10.0. The van der Waals surface area contributed by atoms with Gasteiger partial charge in [-0.2, -0.15) is 35.1 Å². The minimum atomic E-state index is -4.52. The topological polar surface area (TPSA) is 34.0 Å². The summed E-state index contributed by atoms with van der Waals surface area (Å²) in [4.78, 5) is 1.80. The number of alkyl halides is 6. The van der Waals surface area contributed by atoms with Crippen molar-refractivity contribution in [1.82, 2.24) is 13.3 Å². The first-order chi connectivity index (χ1) is 26.5. The van der Waals surface area contributed by atoms with Gasteiger partial charge >= 0.3 is 12.4 Å². The molecule has 55 heavy (non-hydrogen) atoms. The van der Waals surface area contributed by atoms with Crippen LogP contribution in [0.15, 0.2) is 158 Å². The molecule has 9 aromatic rings. The minimum Gasteiger partial charge on any atom is -0.309 e. The predicted octanol–water partition coefficient (Wildman–Crippen LogP) is 13.6. The summed E-state index contributed by atoms with van der Waals surface area (Å²) in [6.07, 6.45) is -8.97. The molecule has 9 rings (SSSR count). The van der Waals surface area contributed by atoms with Crippen LogP contribution in [0.5, 0.6) is 0 Å². The molecule has 11 heteroatoms. The fourth-order valence-corrected chi connectivity index (χ4v) is 7.71. The van der Waals surface area contributed by atoms with Crippen LogP contribution in [-0.4, -0.2) is 13.3 Å². The second-order valence-corrected chi connectivity index (χ2v) is 13.5. The Bertz CT molecular complexity index is 2770. The van der Waals surface area contributed by atoms with E-state index in [9.17, 15) is 26.3 Å². The highest BCUT2D eigenvalue weighted by atomic mass is 32.1. The standard InChI is InChI=1S/C44H26F6N4S/c45-43(46,47)30-15-9-27(10-16-30)28-11-19-32(20-12-28)53(33-23-17-31(18-24-33)44(48,49)50)40-26-25-35(41-42(40)52-55-51-41)29-13-21-34(22-14-29)54-38-7-3-1-5-36(38)37-6-2-4-8-39(37)54/h1-26H. The van der Waals surface area contributed by atoms with Gasteiger partial charge in [-0.25, -0.2) is 0 Å². The summed E-state index contributed by atoms with van der Waals surface area (Å²) in [7, 11) is 0. The first kappa shape index (κ1) is 34.3. The van der Waals surface area contributed by atoms with Crippen LogP contribution in [0.25, 0.3) is 60.8 Å². The predicted molar refractivity (Wildman–Crippen MR) is 207 cm³/mol. The van der Waals surface area contributed by atoms with Crippen LogP contribution in [0, 0.1) is 0 Å². The average Bonchev–Trinajstić information content (AvgIpc) is 3.82. The molecule has 0 saturated heterocycles. The smallest absolute Gasteiger partial charge is 0.309 e. The van der Waals surface area contributed by atoms with Crippen molar-refractivity contribution in [3.05, 3.63) is 169 Å². The zero-order chi connectivity index (χ0) is 37.9. The number of rotatable bonds is 6. The van der Waals surface area contributed by atoms with Gasteiger partial charge in [-0.1, -0.05) is 72.8 Å². The third-order valence-corrected chi connectivity index (χ3v) is 10.3. The molecule has 2 heterocycles. The number of hydrogen-bond acceptors (Lipinski definition) is 4. The molecular weight excluding hydrogens is 731 g/mol. The highest BCUT2D eigenvalue weighted by Gasteiger charge is 2.31. The average molecular weight is 757 g/mol. The maximum absolute atomic E-state index is 13.6. The fraction of sp³-hybridized carbons (Fsp3) is 0.0455. The van der Waals surface area contributed by atoms with Gasteiger partial charge in [0, 0.05) is 33.4 Å². The zero-order valence-electron chi connectivity index (χ0n) is 28.5.